The topological polar surface area (TPSA) is 77.1 Å². The summed E-state index contributed by atoms with van der Waals surface area (Å²) < 4.78 is 17.5. The molecular weight excluding hydrogens is 492 g/mol. The molecule has 0 saturated carbocycles. The van der Waals surface area contributed by atoms with E-state index in [1.165, 1.54) is 0 Å². The number of likely N-dealkylation sites (tertiary alicyclic amines) is 1. The fourth-order valence-electron chi connectivity index (χ4n) is 3.74. The normalized spacial score (nSPS) is 13.5. The fourth-order valence-corrected chi connectivity index (χ4v) is 4.03. The highest BCUT2D eigenvalue weighted by Gasteiger charge is 2.35. The van der Waals surface area contributed by atoms with Crippen LogP contribution in [0.15, 0.2) is 72.8 Å². The van der Waals surface area contributed by atoms with E-state index in [9.17, 15) is 9.59 Å². The summed E-state index contributed by atoms with van der Waals surface area (Å²) >= 11 is 6.70. The van der Waals surface area contributed by atoms with Crippen LogP contribution in [0.1, 0.15) is 42.3 Å². The molecule has 0 aliphatic carbocycles. The number of rotatable bonds is 8. The highest BCUT2D eigenvalue weighted by Crippen LogP contribution is 2.39. The predicted molar refractivity (Wildman–Crippen MR) is 142 cm³/mol. The maximum Gasteiger partial charge on any atom is 0.410 e. The number of ether oxygens (including phenoxy) is 3. The molecule has 1 fully saturated rings. The molecule has 194 valence electrons. The van der Waals surface area contributed by atoms with Crippen molar-refractivity contribution in [3.63, 3.8) is 0 Å². The molecule has 37 heavy (non-hydrogen) atoms. The average Bonchev–Trinajstić information content (AvgIpc) is 2.84. The molecule has 3 aromatic carbocycles. The molecule has 1 aliphatic heterocycles. The standard InChI is InChI=1S/C29H31ClN2O5/c1-29(2,3)37-28(34)32-16-22(17-32)31-27(33)23-14-15-24(35-18-20-10-6-4-7-11-20)26(25(23)30)36-19-21-12-8-5-9-13-21/h4-15,22H,16-19H2,1-3H3,(H,31,33). The molecule has 0 radical (unpaired) electrons. The molecule has 3 aromatic rings. The van der Waals surface area contributed by atoms with Crippen molar-refractivity contribution in [2.45, 2.75) is 45.6 Å². The molecule has 0 unspecified atom stereocenters. The Morgan fingerprint density at radius 3 is 2.03 bits per heavy atom. The molecule has 1 N–H and O–H groups in total. The Hall–Kier alpha value is -3.71. The third kappa shape index (κ3) is 7.17. The number of nitrogens with one attached hydrogen (secondary N) is 1. The van der Waals surface area contributed by atoms with Crippen LogP contribution in [0, 0.1) is 0 Å². The van der Waals surface area contributed by atoms with Gasteiger partial charge in [0.2, 0.25) is 0 Å². The predicted octanol–water partition coefficient (Wildman–Crippen LogP) is 5.85. The van der Waals surface area contributed by atoms with Gasteiger partial charge in [-0.3, -0.25) is 4.79 Å². The van der Waals surface area contributed by atoms with Crippen LogP contribution in [0.4, 0.5) is 4.79 Å². The highest BCUT2D eigenvalue weighted by molar-refractivity contribution is 6.35. The Labute approximate surface area is 222 Å². The van der Waals surface area contributed by atoms with Gasteiger partial charge in [0.15, 0.2) is 11.5 Å². The Bertz CT molecular complexity index is 1220. The minimum Gasteiger partial charge on any atom is -0.485 e. The third-order valence-electron chi connectivity index (χ3n) is 5.64. The van der Waals surface area contributed by atoms with Gasteiger partial charge in [-0.2, -0.15) is 0 Å². The molecule has 1 aliphatic rings. The number of amides is 2. The van der Waals surface area contributed by atoms with E-state index < -0.39 is 11.7 Å². The molecule has 1 saturated heterocycles. The molecular formula is C29H31ClN2O5. The number of halogens is 1. The summed E-state index contributed by atoms with van der Waals surface area (Å²) in [6.07, 6.45) is -0.396. The number of hydrogen-bond acceptors (Lipinski definition) is 5. The molecule has 0 bridgehead atoms. The van der Waals surface area contributed by atoms with Crippen LogP contribution in [0.3, 0.4) is 0 Å². The molecule has 4 rings (SSSR count). The van der Waals surface area contributed by atoms with Crippen molar-refractivity contribution in [2.24, 2.45) is 0 Å². The van der Waals surface area contributed by atoms with Gasteiger partial charge in [-0.1, -0.05) is 72.3 Å². The maximum atomic E-state index is 13.1. The lowest BCUT2D eigenvalue weighted by atomic mass is 10.1. The zero-order valence-corrected chi connectivity index (χ0v) is 22.0. The lowest BCUT2D eigenvalue weighted by Crippen LogP contribution is -2.61. The van der Waals surface area contributed by atoms with Crippen molar-refractivity contribution in [1.82, 2.24) is 10.2 Å². The van der Waals surface area contributed by atoms with E-state index in [1.54, 1.807) is 17.0 Å². The highest BCUT2D eigenvalue weighted by atomic mass is 35.5. The summed E-state index contributed by atoms with van der Waals surface area (Å²) in [6.45, 7) is 6.78. The van der Waals surface area contributed by atoms with Gasteiger partial charge in [0.1, 0.15) is 18.8 Å². The van der Waals surface area contributed by atoms with Crippen LogP contribution in [-0.4, -0.2) is 41.6 Å². The number of hydrogen-bond donors (Lipinski definition) is 1. The second-order valence-corrected chi connectivity index (χ2v) is 10.2. The number of carbonyl (C=O) groups excluding carboxylic acids is 2. The monoisotopic (exact) mass is 522 g/mol. The smallest absolute Gasteiger partial charge is 0.410 e. The first-order valence-corrected chi connectivity index (χ1v) is 12.5. The molecule has 0 spiro atoms. The zero-order valence-electron chi connectivity index (χ0n) is 21.2. The quantitative estimate of drug-likeness (QED) is 0.402. The van der Waals surface area contributed by atoms with Crippen molar-refractivity contribution >= 4 is 23.6 Å². The van der Waals surface area contributed by atoms with Crippen LogP contribution >= 0.6 is 11.6 Å². The SMILES string of the molecule is CC(C)(C)OC(=O)N1CC(NC(=O)c2ccc(OCc3ccccc3)c(OCc3ccccc3)c2Cl)C1. The van der Waals surface area contributed by atoms with Gasteiger partial charge in [-0.25, -0.2) is 4.79 Å². The summed E-state index contributed by atoms with van der Waals surface area (Å²) in [5, 5.41) is 3.10. The van der Waals surface area contributed by atoms with Crippen LogP contribution in [0.5, 0.6) is 11.5 Å². The summed E-state index contributed by atoms with van der Waals surface area (Å²) in [5.41, 5.74) is 1.65. The second-order valence-electron chi connectivity index (χ2n) is 9.86. The van der Waals surface area contributed by atoms with Crippen LogP contribution in [-0.2, 0) is 18.0 Å². The van der Waals surface area contributed by atoms with E-state index in [-0.39, 0.29) is 29.1 Å². The van der Waals surface area contributed by atoms with Crippen LogP contribution in [0.25, 0.3) is 0 Å². The largest absolute Gasteiger partial charge is 0.485 e. The van der Waals surface area contributed by atoms with E-state index in [1.807, 2.05) is 81.4 Å². The molecule has 0 aromatic heterocycles. The van der Waals surface area contributed by atoms with Crippen molar-refractivity contribution in [2.75, 3.05) is 13.1 Å². The summed E-state index contributed by atoms with van der Waals surface area (Å²) in [5.74, 6) is 0.400. The Balaban J connectivity index is 1.45. The Morgan fingerprint density at radius 2 is 1.46 bits per heavy atom. The minimum atomic E-state index is -0.570. The Kier molecular flexibility index (Phi) is 8.24. The van der Waals surface area contributed by atoms with Gasteiger partial charge >= 0.3 is 6.09 Å². The Morgan fingerprint density at radius 1 is 0.892 bits per heavy atom. The van der Waals surface area contributed by atoms with E-state index in [0.29, 0.717) is 31.2 Å². The first-order chi connectivity index (χ1) is 17.7. The van der Waals surface area contributed by atoms with Gasteiger partial charge < -0.3 is 24.4 Å². The molecule has 2 amide bonds. The van der Waals surface area contributed by atoms with Gasteiger partial charge in [-0.15, -0.1) is 0 Å². The molecule has 0 atom stereocenters. The van der Waals surface area contributed by atoms with Crippen molar-refractivity contribution in [3.8, 4) is 11.5 Å². The van der Waals surface area contributed by atoms with Crippen molar-refractivity contribution in [3.05, 3.63) is 94.5 Å². The molecule has 8 heteroatoms. The lowest BCUT2D eigenvalue weighted by molar-refractivity contribution is 0.00533. The van der Waals surface area contributed by atoms with Crippen molar-refractivity contribution < 1.29 is 23.8 Å². The van der Waals surface area contributed by atoms with Crippen molar-refractivity contribution in [1.29, 1.82) is 0 Å². The third-order valence-corrected chi connectivity index (χ3v) is 6.01. The minimum absolute atomic E-state index is 0.169. The van der Waals surface area contributed by atoms with Crippen LogP contribution in [0.2, 0.25) is 5.02 Å². The zero-order chi connectivity index (χ0) is 26.4. The summed E-state index contributed by atoms with van der Waals surface area (Å²) in [6, 6.07) is 22.6. The van der Waals surface area contributed by atoms with E-state index in [4.69, 9.17) is 25.8 Å². The fraction of sp³-hybridized carbons (Fsp3) is 0.310. The first kappa shape index (κ1) is 26.4. The summed E-state index contributed by atoms with van der Waals surface area (Å²) in [4.78, 5) is 26.8. The van der Waals surface area contributed by atoms with Gasteiger partial charge in [0.05, 0.1) is 16.6 Å². The van der Waals surface area contributed by atoms with Gasteiger partial charge in [0, 0.05) is 13.1 Å². The number of nitrogens with zero attached hydrogens (tertiary/aromatic N) is 1. The maximum absolute atomic E-state index is 13.1. The van der Waals surface area contributed by atoms with Gasteiger partial charge in [0.25, 0.3) is 5.91 Å². The second kappa shape index (κ2) is 11.6. The average molecular weight is 523 g/mol. The van der Waals surface area contributed by atoms with Crippen LogP contribution < -0.4 is 14.8 Å². The van der Waals surface area contributed by atoms with E-state index in [0.717, 1.165) is 11.1 Å². The molecule has 1 heterocycles. The molecule has 7 nitrogen and oxygen atoms in total. The first-order valence-electron chi connectivity index (χ1n) is 12.1. The number of benzene rings is 3. The van der Waals surface area contributed by atoms with Gasteiger partial charge in [-0.05, 0) is 44.0 Å². The summed E-state index contributed by atoms with van der Waals surface area (Å²) in [7, 11) is 0. The number of carbonyl (C=O) groups is 2. The van der Waals surface area contributed by atoms with E-state index >= 15 is 0 Å². The van der Waals surface area contributed by atoms with E-state index in [2.05, 4.69) is 5.32 Å². The lowest BCUT2D eigenvalue weighted by Gasteiger charge is -2.40.